The van der Waals surface area contributed by atoms with E-state index in [4.69, 9.17) is 5.73 Å². The zero-order valence-electron chi connectivity index (χ0n) is 14.9. The summed E-state index contributed by atoms with van der Waals surface area (Å²) in [6.07, 6.45) is 3.51. The first kappa shape index (κ1) is 21.5. The van der Waals surface area contributed by atoms with Crippen molar-refractivity contribution in [3.8, 4) is 0 Å². The molecule has 0 radical (unpaired) electrons. The van der Waals surface area contributed by atoms with Gasteiger partial charge in [0.1, 0.15) is 5.82 Å². The first-order valence-corrected chi connectivity index (χ1v) is 9.96. The van der Waals surface area contributed by atoms with Gasteiger partial charge < -0.3 is 11.1 Å². The molecule has 0 saturated heterocycles. The van der Waals surface area contributed by atoms with Crippen molar-refractivity contribution in [2.45, 2.75) is 50.0 Å². The molecule has 0 aliphatic carbocycles. The molecule has 0 fully saturated rings. The maximum absolute atomic E-state index is 12.9. The van der Waals surface area contributed by atoms with Crippen LogP contribution in [0.5, 0.6) is 0 Å². The van der Waals surface area contributed by atoms with Gasteiger partial charge in [-0.25, -0.2) is 17.1 Å². The molecule has 1 unspecified atom stereocenters. The number of halogens is 1. The van der Waals surface area contributed by atoms with Gasteiger partial charge in [0.25, 0.3) is 0 Å². The highest BCUT2D eigenvalue weighted by Gasteiger charge is 2.20. The number of hydrogen-bond acceptors (Lipinski definition) is 4. The van der Waals surface area contributed by atoms with Crippen LogP contribution in [0.3, 0.4) is 0 Å². The highest BCUT2D eigenvalue weighted by molar-refractivity contribution is 7.89. The summed E-state index contributed by atoms with van der Waals surface area (Å²) >= 11 is 0. The van der Waals surface area contributed by atoms with Crippen molar-refractivity contribution in [2.75, 3.05) is 20.1 Å². The van der Waals surface area contributed by atoms with Gasteiger partial charge in [-0.2, -0.15) is 0 Å². The second-order valence-corrected chi connectivity index (χ2v) is 8.07. The average molecular weight is 373 g/mol. The Hall–Kier alpha value is -1.51. The largest absolute Gasteiger partial charge is 0.352 e. The Bertz CT molecular complexity index is 635. The van der Waals surface area contributed by atoms with Crippen LogP contribution in [0.1, 0.15) is 39.0 Å². The van der Waals surface area contributed by atoms with Crippen molar-refractivity contribution in [3.63, 3.8) is 0 Å². The number of nitrogens with zero attached hydrogens (tertiary/aromatic N) is 1. The van der Waals surface area contributed by atoms with Gasteiger partial charge in [-0.1, -0.05) is 19.8 Å². The van der Waals surface area contributed by atoms with Gasteiger partial charge in [0, 0.05) is 32.6 Å². The molecule has 1 atom stereocenters. The lowest BCUT2D eigenvalue weighted by molar-refractivity contribution is -0.121. The van der Waals surface area contributed by atoms with Gasteiger partial charge in [-0.15, -0.1) is 0 Å². The maximum atomic E-state index is 12.9. The predicted molar refractivity (Wildman–Crippen MR) is 96.0 cm³/mol. The van der Waals surface area contributed by atoms with E-state index in [-0.39, 0.29) is 29.8 Å². The molecule has 0 aliphatic heterocycles. The zero-order valence-corrected chi connectivity index (χ0v) is 15.7. The minimum atomic E-state index is -3.68. The number of nitrogens with one attached hydrogen (secondary N) is 1. The Morgan fingerprint density at radius 3 is 2.48 bits per heavy atom. The lowest BCUT2D eigenvalue weighted by Crippen LogP contribution is -2.40. The van der Waals surface area contributed by atoms with Crippen molar-refractivity contribution in [1.29, 1.82) is 0 Å². The van der Waals surface area contributed by atoms with E-state index in [1.807, 2.05) is 0 Å². The number of nitrogens with two attached hydrogens (primary N) is 1. The van der Waals surface area contributed by atoms with E-state index < -0.39 is 15.8 Å². The molecule has 1 aromatic rings. The van der Waals surface area contributed by atoms with Gasteiger partial charge in [-0.05, 0) is 37.1 Å². The molecule has 0 spiro atoms. The number of amides is 1. The third kappa shape index (κ3) is 7.09. The van der Waals surface area contributed by atoms with E-state index in [0.29, 0.717) is 13.0 Å². The Morgan fingerprint density at radius 2 is 1.92 bits per heavy atom. The van der Waals surface area contributed by atoms with Crippen LogP contribution in [0.2, 0.25) is 0 Å². The Balaban J connectivity index is 2.46. The minimum absolute atomic E-state index is 0.0311. The molecule has 1 amide bonds. The summed E-state index contributed by atoms with van der Waals surface area (Å²) in [5.41, 5.74) is 5.64. The van der Waals surface area contributed by atoms with Crippen molar-refractivity contribution >= 4 is 15.9 Å². The summed E-state index contributed by atoms with van der Waals surface area (Å²) in [6.45, 7) is 2.67. The van der Waals surface area contributed by atoms with Crippen LogP contribution < -0.4 is 11.1 Å². The van der Waals surface area contributed by atoms with E-state index in [1.54, 1.807) is 0 Å². The second-order valence-electron chi connectivity index (χ2n) is 6.03. The van der Waals surface area contributed by atoms with E-state index in [0.717, 1.165) is 31.4 Å². The van der Waals surface area contributed by atoms with Crippen molar-refractivity contribution in [1.82, 2.24) is 9.62 Å². The number of carbonyl (C=O) groups is 1. The highest BCUT2D eigenvalue weighted by Crippen LogP contribution is 2.15. The monoisotopic (exact) mass is 373 g/mol. The predicted octanol–water partition coefficient (Wildman–Crippen LogP) is 1.86. The fourth-order valence-corrected chi connectivity index (χ4v) is 3.58. The summed E-state index contributed by atoms with van der Waals surface area (Å²) in [7, 11) is -2.23. The Labute approximate surface area is 149 Å². The van der Waals surface area contributed by atoms with Gasteiger partial charge in [-0.3, -0.25) is 4.79 Å². The number of hydrogen-bond donors (Lipinski definition) is 2. The number of carbonyl (C=O) groups excluding carboxylic acids is 1. The van der Waals surface area contributed by atoms with Crippen LogP contribution in [0.15, 0.2) is 29.2 Å². The van der Waals surface area contributed by atoms with Gasteiger partial charge >= 0.3 is 0 Å². The van der Waals surface area contributed by atoms with Crippen LogP contribution >= 0.6 is 0 Å². The number of unbranched alkanes of at least 4 members (excludes halogenated alkanes) is 1. The minimum Gasteiger partial charge on any atom is -0.352 e. The third-order valence-corrected chi connectivity index (χ3v) is 5.83. The molecule has 0 aromatic heterocycles. The van der Waals surface area contributed by atoms with Crippen LogP contribution in [0.25, 0.3) is 0 Å². The molecule has 3 N–H and O–H groups in total. The van der Waals surface area contributed by atoms with E-state index in [9.17, 15) is 17.6 Å². The highest BCUT2D eigenvalue weighted by atomic mass is 32.2. The first-order valence-electron chi connectivity index (χ1n) is 8.52. The molecule has 0 heterocycles. The summed E-state index contributed by atoms with van der Waals surface area (Å²) in [5, 5.41) is 2.88. The van der Waals surface area contributed by atoms with Crippen LogP contribution in [-0.2, 0) is 14.8 Å². The van der Waals surface area contributed by atoms with E-state index in [2.05, 4.69) is 12.2 Å². The fourth-order valence-electron chi connectivity index (χ4n) is 2.37. The Kier molecular flexibility index (Phi) is 9.02. The van der Waals surface area contributed by atoms with Crippen LogP contribution in [0, 0.1) is 5.82 Å². The molecule has 142 valence electrons. The quantitative estimate of drug-likeness (QED) is 0.619. The van der Waals surface area contributed by atoms with Gasteiger partial charge in [0.15, 0.2) is 0 Å². The van der Waals surface area contributed by atoms with E-state index >= 15 is 0 Å². The second kappa shape index (κ2) is 10.5. The lowest BCUT2D eigenvalue weighted by atomic mass is 10.1. The summed E-state index contributed by atoms with van der Waals surface area (Å²) < 4.78 is 38.8. The normalized spacial score (nSPS) is 13.0. The molecular formula is C17H28FN3O3S. The molecule has 0 bridgehead atoms. The SMILES string of the molecule is CCCCC(CN)NC(=O)CCCN(C)S(=O)(=O)c1ccc(F)cc1. The lowest BCUT2D eigenvalue weighted by Gasteiger charge is -2.18. The third-order valence-electron chi connectivity index (χ3n) is 3.95. The standard InChI is InChI=1S/C17H28FN3O3S/c1-3-4-6-15(13-19)20-17(22)7-5-12-21(2)25(23,24)16-10-8-14(18)9-11-16/h8-11,15H,3-7,12-13,19H2,1-2H3,(H,20,22). The summed E-state index contributed by atoms with van der Waals surface area (Å²) in [6, 6.07) is 4.64. The average Bonchev–Trinajstić information content (AvgIpc) is 2.58. The topological polar surface area (TPSA) is 92.5 Å². The first-order chi connectivity index (χ1) is 11.8. The van der Waals surface area contributed by atoms with Gasteiger partial charge in [0.05, 0.1) is 4.90 Å². The van der Waals surface area contributed by atoms with Crippen molar-refractivity contribution < 1.29 is 17.6 Å². The maximum Gasteiger partial charge on any atom is 0.242 e. The van der Waals surface area contributed by atoms with Crippen LogP contribution in [-0.4, -0.2) is 44.8 Å². The molecular weight excluding hydrogens is 345 g/mol. The summed E-state index contributed by atoms with van der Waals surface area (Å²) in [5.74, 6) is -0.616. The molecule has 0 aliphatic rings. The van der Waals surface area contributed by atoms with Crippen LogP contribution in [0.4, 0.5) is 4.39 Å². The molecule has 25 heavy (non-hydrogen) atoms. The van der Waals surface area contributed by atoms with Crippen molar-refractivity contribution in [2.24, 2.45) is 5.73 Å². The smallest absolute Gasteiger partial charge is 0.242 e. The fraction of sp³-hybridized carbons (Fsp3) is 0.588. The van der Waals surface area contributed by atoms with E-state index in [1.165, 1.54) is 23.5 Å². The molecule has 0 saturated carbocycles. The van der Waals surface area contributed by atoms with Crippen molar-refractivity contribution in [3.05, 3.63) is 30.1 Å². The number of sulfonamides is 1. The molecule has 1 rings (SSSR count). The molecule has 6 nitrogen and oxygen atoms in total. The van der Waals surface area contributed by atoms with Gasteiger partial charge in [0.2, 0.25) is 15.9 Å². The Morgan fingerprint density at radius 1 is 1.28 bits per heavy atom. The zero-order chi connectivity index (χ0) is 18.9. The molecule has 1 aromatic carbocycles. The summed E-state index contributed by atoms with van der Waals surface area (Å²) in [4.78, 5) is 12.0. The number of benzene rings is 1. The number of rotatable bonds is 11. The molecule has 8 heteroatoms.